The fourth-order valence-corrected chi connectivity index (χ4v) is 5.64. The summed E-state index contributed by atoms with van der Waals surface area (Å²) in [6.45, 7) is 2.61. The summed E-state index contributed by atoms with van der Waals surface area (Å²) in [5.74, 6) is 0. The van der Waals surface area contributed by atoms with Crippen LogP contribution in [0.2, 0.25) is 15.1 Å². The average Bonchev–Trinajstić information content (AvgIpc) is 2.99. The predicted molar refractivity (Wildman–Crippen MR) is 115 cm³/mol. The zero-order chi connectivity index (χ0) is 20.8. The normalized spacial score (nSPS) is 16.5. The summed E-state index contributed by atoms with van der Waals surface area (Å²) in [6.07, 6.45) is 1.68. The summed E-state index contributed by atoms with van der Waals surface area (Å²) in [5, 5.41) is 5.90. The van der Waals surface area contributed by atoms with Crippen LogP contribution in [0.5, 0.6) is 0 Å². The Balaban J connectivity index is 1.47. The molecule has 0 bridgehead atoms. The molecule has 0 spiro atoms. The van der Waals surface area contributed by atoms with Gasteiger partial charge in [-0.2, -0.15) is 8.99 Å². The number of rotatable bonds is 4. The first kappa shape index (κ1) is 21.0. The highest BCUT2D eigenvalue weighted by molar-refractivity contribution is 7.89. The summed E-state index contributed by atoms with van der Waals surface area (Å²) < 4.78 is 31.0. The number of quaternary nitrogens is 1. The van der Waals surface area contributed by atoms with Gasteiger partial charge in [-0.1, -0.05) is 34.8 Å². The number of piperazine rings is 1. The summed E-state index contributed by atoms with van der Waals surface area (Å²) in [6, 6.07) is 7.85. The number of sulfonamides is 1. The van der Waals surface area contributed by atoms with Crippen LogP contribution in [0.25, 0.3) is 5.65 Å². The maximum absolute atomic E-state index is 12.8. The summed E-state index contributed by atoms with van der Waals surface area (Å²) in [7, 11) is -3.53. The van der Waals surface area contributed by atoms with Gasteiger partial charge >= 0.3 is 0 Å². The van der Waals surface area contributed by atoms with Crippen molar-refractivity contribution in [3.63, 3.8) is 0 Å². The van der Waals surface area contributed by atoms with Gasteiger partial charge in [-0.3, -0.25) is 4.40 Å². The Kier molecular flexibility index (Phi) is 5.91. The van der Waals surface area contributed by atoms with Crippen LogP contribution in [0.15, 0.2) is 41.4 Å². The Morgan fingerprint density at radius 3 is 2.38 bits per heavy atom. The minimum atomic E-state index is -3.53. The highest BCUT2D eigenvalue weighted by atomic mass is 35.5. The Hall–Kier alpha value is -1.20. The fourth-order valence-electron chi connectivity index (χ4n) is 3.32. The third kappa shape index (κ3) is 4.18. The molecule has 3 aromatic rings. The van der Waals surface area contributed by atoms with Crippen molar-refractivity contribution in [3.05, 3.63) is 56.4 Å². The lowest BCUT2D eigenvalue weighted by atomic mass is 10.4. The maximum Gasteiger partial charge on any atom is 0.243 e. The zero-order valence-corrected chi connectivity index (χ0v) is 19.0. The second kappa shape index (κ2) is 8.14. The smallest absolute Gasteiger partial charge is 0.243 e. The molecule has 29 heavy (non-hydrogen) atoms. The first-order valence-corrected chi connectivity index (χ1v) is 11.8. The monoisotopic (exact) mass is 492 g/mol. The van der Waals surface area contributed by atoms with Gasteiger partial charge in [0.15, 0.2) is 12.3 Å². The summed E-state index contributed by atoms with van der Waals surface area (Å²) >= 11 is 23.6. The summed E-state index contributed by atoms with van der Waals surface area (Å²) in [5.41, 5.74) is 0.546. The van der Waals surface area contributed by atoms with Crippen molar-refractivity contribution >= 4 is 62.7 Å². The molecule has 1 aromatic carbocycles. The van der Waals surface area contributed by atoms with Crippen molar-refractivity contribution in [3.8, 4) is 0 Å². The molecule has 0 radical (unpaired) electrons. The van der Waals surface area contributed by atoms with E-state index in [1.165, 1.54) is 21.3 Å². The third-order valence-electron chi connectivity index (χ3n) is 4.86. The number of pyridine rings is 1. The molecule has 1 saturated heterocycles. The largest absolute Gasteiger partial charge is 0.314 e. The minimum absolute atomic E-state index is 0.249. The lowest BCUT2D eigenvalue weighted by Crippen LogP contribution is -3.14. The van der Waals surface area contributed by atoms with Crippen LogP contribution < -0.4 is 4.90 Å². The molecule has 1 fully saturated rings. The van der Waals surface area contributed by atoms with Crippen molar-refractivity contribution in [2.75, 3.05) is 26.2 Å². The van der Waals surface area contributed by atoms with Crippen LogP contribution in [0.3, 0.4) is 0 Å². The van der Waals surface area contributed by atoms with Gasteiger partial charge in [0.05, 0.1) is 41.1 Å². The van der Waals surface area contributed by atoms with E-state index < -0.39 is 10.0 Å². The molecule has 0 saturated carbocycles. The number of hydrogen-bond acceptors (Lipinski definition) is 4. The number of hydrogen-bond donors (Lipinski definition) is 1. The van der Waals surface area contributed by atoms with Crippen LogP contribution in [-0.2, 0) is 16.7 Å². The first-order valence-electron chi connectivity index (χ1n) is 8.79. The molecular formula is C17H17Cl3N5O2S2+. The number of fused-ring (bicyclic) bond motifs is 1. The van der Waals surface area contributed by atoms with Crippen LogP contribution in [0.1, 0.15) is 0 Å². The van der Waals surface area contributed by atoms with Gasteiger partial charge in [-0.05, 0) is 42.5 Å². The van der Waals surface area contributed by atoms with Crippen LogP contribution in [0, 0.1) is 4.77 Å². The topological polar surface area (TPSA) is 64.0 Å². The standard InChI is InChI=1S/C17H16Cl3N5O2S2/c18-12-1-3-14(4-2-12)29(26,27)23-7-5-22(6-8-23)11-25-17(28)24-10-13(19)9-15(20)16(24)21-25/h1-4,9-10H,5-8,11H2/p+1. The Bertz CT molecular complexity index is 1220. The maximum atomic E-state index is 12.8. The van der Waals surface area contributed by atoms with Crippen molar-refractivity contribution in [1.82, 2.24) is 18.5 Å². The molecule has 0 atom stereocenters. The molecule has 1 aliphatic heterocycles. The number of halogens is 3. The Morgan fingerprint density at radius 2 is 1.72 bits per heavy atom. The van der Waals surface area contributed by atoms with Crippen LogP contribution >= 0.6 is 47.0 Å². The van der Waals surface area contributed by atoms with E-state index in [0.29, 0.717) is 58.3 Å². The van der Waals surface area contributed by atoms with Crippen molar-refractivity contribution in [2.45, 2.75) is 11.6 Å². The van der Waals surface area contributed by atoms with Gasteiger partial charge in [-0.25, -0.2) is 8.42 Å². The van der Waals surface area contributed by atoms with E-state index >= 15 is 0 Å². The van der Waals surface area contributed by atoms with Gasteiger partial charge in [0.25, 0.3) is 0 Å². The predicted octanol–water partition coefficient (Wildman–Crippen LogP) is 2.37. The van der Waals surface area contributed by atoms with E-state index in [2.05, 4.69) is 5.10 Å². The van der Waals surface area contributed by atoms with Crippen molar-refractivity contribution in [2.24, 2.45) is 0 Å². The second-order valence-electron chi connectivity index (χ2n) is 6.75. The Labute approximate surface area is 188 Å². The highest BCUT2D eigenvalue weighted by Gasteiger charge is 2.30. The zero-order valence-electron chi connectivity index (χ0n) is 15.1. The molecule has 7 nitrogen and oxygen atoms in total. The molecule has 1 aliphatic rings. The van der Waals surface area contributed by atoms with E-state index in [0.717, 1.165) is 0 Å². The average molecular weight is 494 g/mol. The number of benzene rings is 1. The minimum Gasteiger partial charge on any atom is -0.314 e. The molecule has 4 rings (SSSR count). The van der Waals surface area contributed by atoms with Gasteiger partial charge in [0.1, 0.15) is 0 Å². The summed E-state index contributed by atoms with van der Waals surface area (Å²) in [4.78, 5) is 1.42. The number of nitrogens with one attached hydrogen (secondary N) is 1. The quantitative estimate of drug-likeness (QED) is 0.567. The molecule has 0 unspecified atom stereocenters. The number of nitrogens with zero attached hydrogens (tertiary/aromatic N) is 4. The highest BCUT2D eigenvalue weighted by Crippen LogP contribution is 2.21. The number of aromatic nitrogens is 3. The van der Waals surface area contributed by atoms with E-state index in [-0.39, 0.29) is 4.90 Å². The molecule has 0 aliphatic carbocycles. The van der Waals surface area contributed by atoms with Crippen LogP contribution in [-0.4, -0.2) is 53.1 Å². The van der Waals surface area contributed by atoms with Gasteiger partial charge in [0, 0.05) is 11.2 Å². The molecule has 12 heteroatoms. The lowest BCUT2D eigenvalue weighted by molar-refractivity contribution is -0.926. The molecular weight excluding hydrogens is 477 g/mol. The SMILES string of the molecule is O=S(=O)(c1ccc(Cl)cc1)N1CC[NH+](Cn2nc3c(Cl)cc(Cl)cn3c2=S)CC1. The molecule has 154 valence electrons. The van der Waals surface area contributed by atoms with E-state index in [1.807, 2.05) is 0 Å². The first-order chi connectivity index (χ1) is 13.8. The molecule has 0 amide bonds. The molecule has 1 N–H and O–H groups in total. The van der Waals surface area contributed by atoms with Gasteiger partial charge in [-0.15, -0.1) is 5.10 Å². The van der Waals surface area contributed by atoms with Gasteiger partial charge < -0.3 is 4.90 Å². The van der Waals surface area contributed by atoms with Crippen LogP contribution in [0.4, 0.5) is 0 Å². The van der Waals surface area contributed by atoms with E-state index in [4.69, 9.17) is 47.0 Å². The molecule has 2 aromatic heterocycles. The van der Waals surface area contributed by atoms with E-state index in [1.54, 1.807) is 33.5 Å². The second-order valence-corrected chi connectivity index (χ2v) is 10.3. The van der Waals surface area contributed by atoms with E-state index in [9.17, 15) is 8.42 Å². The Morgan fingerprint density at radius 1 is 1.07 bits per heavy atom. The van der Waals surface area contributed by atoms with Gasteiger partial charge in [0.2, 0.25) is 14.8 Å². The fraction of sp³-hybridized carbons (Fsp3) is 0.294. The van der Waals surface area contributed by atoms with Crippen molar-refractivity contribution in [1.29, 1.82) is 0 Å². The molecule has 3 heterocycles. The lowest BCUT2D eigenvalue weighted by Gasteiger charge is -2.31. The third-order valence-corrected chi connectivity index (χ3v) is 7.91. The van der Waals surface area contributed by atoms with Crippen molar-refractivity contribution < 1.29 is 13.3 Å².